The summed E-state index contributed by atoms with van der Waals surface area (Å²) in [5.41, 5.74) is 6.07. The van der Waals surface area contributed by atoms with E-state index in [1.807, 2.05) is 4.90 Å². The molecule has 0 aromatic carbocycles. The first-order chi connectivity index (χ1) is 8.59. The number of carbonyl (C=O) groups excluding carboxylic acids is 1. The number of rotatable bonds is 1. The summed E-state index contributed by atoms with van der Waals surface area (Å²) in [6.45, 7) is 2.90. The van der Waals surface area contributed by atoms with Crippen LogP contribution in [0.25, 0.3) is 0 Å². The lowest BCUT2D eigenvalue weighted by atomic mass is 10.1. The monoisotopic (exact) mass is 267 g/mol. The molecule has 0 aliphatic carbocycles. The predicted octanol–water partition coefficient (Wildman–Crippen LogP) is 2.72. The van der Waals surface area contributed by atoms with E-state index in [4.69, 9.17) is 17.3 Å². The van der Waals surface area contributed by atoms with Crippen molar-refractivity contribution in [2.24, 2.45) is 0 Å². The van der Waals surface area contributed by atoms with Crippen LogP contribution in [0.15, 0.2) is 12.3 Å². The molecule has 1 aromatic heterocycles. The Kier molecular flexibility index (Phi) is 4.07. The number of hydrogen-bond acceptors (Lipinski definition) is 3. The Morgan fingerprint density at radius 1 is 1.50 bits per heavy atom. The third kappa shape index (κ3) is 2.75. The molecule has 1 aliphatic rings. The predicted molar refractivity (Wildman–Crippen MR) is 72.6 cm³/mol. The Balaban J connectivity index is 2.21. The summed E-state index contributed by atoms with van der Waals surface area (Å²) in [6.07, 6.45) is 6.00. The average molecular weight is 268 g/mol. The molecule has 18 heavy (non-hydrogen) atoms. The number of nitrogens with two attached hydrogens (primary N) is 1. The molecule has 1 atom stereocenters. The third-order valence-corrected chi connectivity index (χ3v) is 3.73. The standard InChI is InChI=1S/C13H18ClN3O/c1-9-5-3-2-4-6-17(9)13(18)10-7-11(14)12(15)16-8-10/h7-9H,2-6H2,1H3,(H2,15,16). The van der Waals surface area contributed by atoms with Crippen LogP contribution in [0.5, 0.6) is 0 Å². The van der Waals surface area contributed by atoms with Crippen LogP contribution in [-0.4, -0.2) is 28.4 Å². The maximum atomic E-state index is 12.4. The van der Waals surface area contributed by atoms with Crippen LogP contribution in [0.1, 0.15) is 43.0 Å². The van der Waals surface area contributed by atoms with Crippen molar-refractivity contribution in [2.75, 3.05) is 12.3 Å². The van der Waals surface area contributed by atoms with Crippen molar-refractivity contribution in [1.82, 2.24) is 9.88 Å². The van der Waals surface area contributed by atoms with Gasteiger partial charge in [0.1, 0.15) is 5.82 Å². The number of anilines is 1. The first kappa shape index (κ1) is 13.1. The van der Waals surface area contributed by atoms with Gasteiger partial charge in [-0.2, -0.15) is 0 Å². The highest BCUT2D eigenvalue weighted by molar-refractivity contribution is 6.33. The summed E-state index contributed by atoms with van der Waals surface area (Å²) in [5.74, 6) is 0.260. The Labute approximate surface area is 112 Å². The van der Waals surface area contributed by atoms with Gasteiger partial charge in [-0.05, 0) is 25.8 Å². The first-order valence-corrected chi connectivity index (χ1v) is 6.69. The number of hydrogen-bond donors (Lipinski definition) is 1. The highest BCUT2D eigenvalue weighted by Crippen LogP contribution is 2.21. The van der Waals surface area contributed by atoms with Crippen molar-refractivity contribution in [3.8, 4) is 0 Å². The molecule has 0 radical (unpaired) electrons. The first-order valence-electron chi connectivity index (χ1n) is 6.31. The van der Waals surface area contributed by atoms with Crippen LogP contribution in [0.2, 0.25) is 5.02 Å². The van der Waals surface area contributed by atoms with Crippen molar-refractivity contribution < 1.29 is 4.79 Å². The highest BCUT2D eigenvalue weighted by atomic mass is 35.5. The second-order valence-corrected chi connectivity index (χ2v) is 5.20. The minimum absolute atomic E-state index is 0.00111. The molecular weight excluding hydrogens is 250 g/mol. The highest BCUT2D eigenvalue weighted by Gasteiger charge is 2.23. The quantitative estimate of drug-likeness (QED) is 0.851. The molecule has 0 spiro atoms. The number of amides is 1. The van der Waals surface area contributed by atoms with E-state index in [2.05, 4.69) is 11.9 Å². The number of nitrogen functional groups attached to an aromatic ring is 1. The molecule has 2 heterocycles. The Hall–Kier alpha value is -1.29. The Bertz CT molecular complexity index is 450. The number of nitrogens with zero attached hydrogens (tertiary/aromatic N) is 2. The van der Waals surface area contributed by atoms with Gasteiger partial charge < -0.3 is 10.6 Å². The maximum absolute atomic E-state index is 12.4. The molecule has 98 valence electrons. The summed E-state index contributed by atoms with van der Waals surface area (Å²) in [6, 6.07) is 1.88. The number of aromatic nitrogens is 1. The number of halogens is 1. The molecule has 1 saturated heterocycles. The maximum Gasteiger partial charge on any atom is 0.255 e. The lowest BCUT2D eigenvalue weighted by Crippen LogP contribution is -2.38. The summed E-state index contributed by atoms with van der Waals surface area (Å²) in [5, 5.41) is 0.336. The van der Waals surface area contributed by atoms with Crippen molar-refractivity contribution in [3.05, 3.63) is 22.8 Å². The fourth-order valence-corrected chi connectivity index (χ4v) is 2.47. The van der Waals surface area contributed by atoms with Gasteiger partial charge in [-0.25, -0.2) is 4.98 Å². The fraction of sp³-hybridized carbons (Fsp3) is 0.538. The Morgan fingerprint density at radius 3 is 3.00 bits per heavy atom. The molecule has 1 fully saturated rings. The van der Waals surface area contributed by atoms with Gasteiger partial charge in [0.05, 0.1) is 10.6 Å². The van der Waals surface area contributed by atoms with E-state index in [0.29, 0.717) is 10.6 Å². The van der Waals surface area contributed by atoms with Gasteiger partial charge in [0.15, 0.2) is 0 Å². The largest absolute Gasteiger partial charge is 0.382 e. The molecule has 1 unspecified atom stereocenters. The van der Waals surface area contributed by atoms with Crippen molar-refractivity contribution in [1.29, 1.82) is 0 Å². The van der Waals surface area contributed by atoms with Gasteiger partial charge in [0.2, 0.25) is 0 Å². The van der Waals surface area contributed by atoms with E-state index in [0.717, 1.165) is 19.4 Å². The zero-order chi connectivity index (χ0) is 13.1. The molecule has 4 nitrogen and oxygen atoms in total. The lowest BCUT2D eigenvalue weighted by Gasteiger charge is -2.27. The molecular formula is C13H18ClN3O. The van der Waals surface area contributed by atoms with Crippen LogP contribution in [0.3, 0.4) is 0 Å². The number of carbonyl (C=O) groups is 1. The molecule has 0 bridgehead atoms. The summed E-state index contributed by atoms with van der Waals surface area (Å²) >= 11 is 5.91. The summed E-state index contributed by atoms with van der Waals surface area (Å²) in [7, 11) is 0. The molecule has 0 saturated carbocycles. The second-order valence-electron chi connectivity index (χ2n) is 4.79. The SMILES string of the molecule is CC1CCCCCN1C(=O)c1cnc(N)c(Cl)c1. The molecule has 1 aromatic rings. The summed E-state index contributed by atoms with van der Waals surface area (Å²) < 4.78 is 0. The van der Waals surface area contributed by atoms with E-state index in [1.54, 1.807) is 6.07 Å². The van der Waals surface area contributed by atoms with E-state index in [9.17, 15) is 4.79 Å². The fourth-order valence-electron chi connectivity index (χ4n) is 2.31. The normalized spacial score (nSPS) is 20.6. The molecule has 2 rings (SSSR count). The van der Waals surface area contributed by atoms with Crippen molar-refractivity contribution in [2.45, 2.75) is 38.6 Å². The van der Waals surface area contributed by atoms with Crippen LogP contribution in [-0.2, 0) is 0 Å². The van der Waals surface area contributed by atoms with E-state index in [1.165, 1.54) is 19.0 Å². The minimum atomic E-state index is -0.00111. The van der Waals surface area contributed by atoms with Gasteiger partial charge in [0, 0.05) is 18.8 Å². The third-order valence-electron chi connectivity index (χ3n) is 3.43. The molecule has 1 amide bonds. The summed E-state index contributed by atoms with van der Waals surface area (Å²) in [4.78, 5) is 18.3. The van der Waals surface area contributed by atoms with E-state index < -0.39 is 0 Å². The number of pyridine rings is 1. The van der Waals surface area contributed by atoms with E-state index >= 15 is 0 Å². The van der Waals surface area contributed by atoms with Crippen LogP contribution < -0.4 is 5.73 Å². The van der Waals surface area contributed by atoms with Crippen molar-refractivity contribution in [3.63, 3.8) is 0 Å². The van der Waals surface area contributed by atoms with E-state index in [-0.39, 0.29) is 17.8 Å². The zero-order valence-electron chi connectivity index (χ0n) is 10.5. The van der Waals surface area contributed by atoms with Crippen LogP contribution in [0.4, 0.5) is 5.82 Å². The smallest absolute Gasteiger partial charge is 0.255 e. The van der Waals surface area contributed by atoms with Gasteiger partial charge >= 0.3 is 0 Å². The van der Waals surface area contributed by atoms with Crippen LogP contribution in [0, 0.1) is 0 Å². The molecule has 2 N–H and O–H groups in total. The van der Waals surface area contributed by atoms with Gasteiger partial charge in [-0.1, -0.05) is 24.4 Å². The van der Waals surface area contributed by atoms with Gasteiger partial charge in [-0.15, -0.1) is 0 Å². The second kappa shape index (κ2) is 5.57. The molecule has 1 aliphatic heterocycles. The Morgan fingerprint density at radius 2 is 2.28 bits per heavy atom. The minimum Gasteiger partial charge on any atom is -0.382 e. The van der Waals surface area contributed by atoms with Gasteiger partial charge in [0.25, 0.3) is 5.91 Å². The van der Waals surface area contributed by atoms with Crippen LogP contribution >= 0.6 is 11.6 Å². The zero-order valence-corrected chi connectivity index (χ0v) is 11.3. The lowest BCUT2D eigenvalue weighted by molar-refractivity contribution is 0.0697. The number of likely N-dealkylation sites (tertiary alicyclic amines) is 1. The average Bonchev–Trinajstić information content (AvgIpc) is 2.56. The van der Waals surface area contributed by atoms with Gasteiger partial charge in [-0.3, -0.25) is 4.79 Å². The topological polar surface area (TPSA) is 59.2 Å². The molecule has 5 heteroatoms. The van der Waals surface area contributed by atoms with Crippen molar-refractivity contribution >= 4 is 23.3 Å².